The van der Waals surface area contributed by atoms with Gasteiger partial charge in [-0.3, -0.25) is 14.7 Å². The fourth-order valence-corrected chi connectivity index (χ4v) is 2.87. The third-order valence-corrected chi connectivity index (χ3v) is 4.39. The first-order valence-corrected chi connectivity index (χ1v) is 7.40. The fourth-order valence-electron chi connectivity index (χ4n) is 2.49. The third-order valence-electron chi connectivity index (χ3n) is 3.53. The number of benzene rings is 1. The van der Waals surface area contributed by atoms with Crippen molar-refractivity contribution in [3.8, 4) is 0 Å². The smallest absolute Gasteiger partial charge is 0.306 e. The molecular weight excluding hydrogens is 354 g/mol. The largest absolute Gasteiger partial charge is 0.431 e. The number of hydrogen-bond acceptors (Lipinski definition) is 3. The number of nitrogens with zero attached hydrogens (tertiary/aromatic N) is 3. The predicted octanol–water partition coefficient (Wildman–Crippen LogP) is 3.45. The highest BCUT2D eigenvalue weighted by Crippen LogP contribution is 2.34. The van der Waals surface area contributed by atoms with Crippen molar-refractivity contribution < 1.29 is 18.0 Å². The Morgan fingerprint density at radius 3 is 2.70 bits per heavy atom. The Morgan fingerprint density at radius 1 is 1.26 bits per heavy atom. The van der Waals surface area contributed by atoms with Crippen LogP contribution in [0.15, 0.2) is 35.0 Å². The SMILES string of the molecule is O=C1C=C(C(F)(F)F)N2CCN=C2N1Cc1cccc(Cl)c1Cl. The van der Waals surface area contributed by atoms with Crippen LogP contribution in [0.1, 0.15) is 5.56 Å². The van der Waals surface area contributed by atoms with E-state index in [1.807, 2.05) is 0 Å². The van der Waals surface area contributed by atoms with Gasteiger partial charge >= 0.3 is 6.18 Å². The van der Waals surface area contributed by atoms with E-state index >= 15 is 0 Å². The minimum atomic E-state index is -4.61. The molecule has 0 spiro atoms. The standard InChI is InChI=1S/C14H10Cl2F3N3O/c15-9-3-1-2-8(12(9)16)7-22-11(23)6-10(14(17,18)19)21-5-4-20-13(21)22/h1-3,6H,4-5,7H2. The molecule has 0 atom stereocenters. The molecule has 3 rings (SSSR count). The fraction of sp³-hybridized carbons (Fsp3) is 0.286. The quantitative estimate of drug-likeness (QED) is 0.806. The summed E-state index contributed by atoms with van der Waals surface area (Å²) in [6, 6.07) is 4.90. The van der Waals surface area contributed by atoms with Gasteiger partial charge in [0.15, 0.2) is 0 Å². The third kappa shape index (κ3) is 2.90. The molecule has 0 N–H and O–H groups in total. The Bertz CT molecular complexity index is 730. The molecule has 0 aliphatic carbocycles. The van der Waals surface area contributed by atoms with Crippen molar-refractivity contribution in [2.24, 2.45) is 4.99 Å². The highest BCUT2D eigenvalue weighted by molar-refractivity contribution is 6.42. The molecule has 0 unspecified atom stereocenters. The van der Waals surface area contributed by atoms with E-state index in [1.54, 1.807) is 18.2 Å². The summed E-state index contributed by atoms with van der Waals surface area (Å²) in [6.45, 7) is 0.263. The Labute approximate surface area is 139 Å². The summed E-state index contributed by atoms with van der Waals surface area (Å²) in [7, 11) is 0. The molecule has 0 saturated heterocycles. The molecule has 9 heteroatoms. The highest BCUT2D eigenvalue weighted by Gasteiger charge is 2.46. The number of guanidine groups is 1. The van der Waals surface area contributed by atoms with Crippen LogP contribution in [-0.4, -0.2) is 40.9 Å². The number of halogens is 5. The first-order chi connectivity index (χ1) is 10.8. The topological polar surface area (TPSA) is 35.9 Å². The number of alkyl halides is 3. The van der Waals surface area contributed by atoms with Crippen molar-refractivity contribution in [2.75, 3.05) is 13.1 Å². The zero-order valence-electron chi connectivity index (χ0n) is 11.6. The molecule has 4 nitrogen and oxygen atoms in total. The molecule has 1 aromatic rings. The van der Waals surface area contributed by atoms with Gasteiger partial charge in [-0.1, -0.05) is 35.3 Å². The summed E-state index contributed by atoms with van der Waals surface area (Å²) >= 11 is 12.0. The van der Waals surface area contributed by atoms with E-state index < -0.39 is 17.8 Å². The first kappa shape index (κ1) is 16.1. The molecule has 2 heterocycles. The second-order valence-electron chi connectivity index (χ2n) is 5.00. The number of carbonyl (C=O) groups is 1. The van der Waals surface area contributed by atoms with Crippen molar-refractivity contribution >= 4 is 35.1 Å². The average Bonchev–Trinajstić information content (AvgIpc) is 2.94. The molecule has 1 amide bonds. The van der Waals surface area contributed by atoms with Gasteiger partial charge < -0.3 is 4.90 Å². The molecule has 1 aromatic carbocycles. The summed E-state index contributed by atoms with van der Waals surface area (Å²) in [5.74, 6) is -0.800. The lowest BCUT2D eigenvalue weighted by Crippen LogP contribution is -2.50. The van der Waals surface area contributed by atoms with Gasteiger partial charge in [0.1, 0.15) is 5.70 Å². The maximum absolute atomic E-state index is 13.0. The molecule has 0 fully saturated rings. The van der Waals surface area contributed by atoms with Crippen LogP contribution < -0.4 is 0 Å². The first-order valence-electron chi connectivity index (χ1n) is 6.64. The van der Waals surface area contributed by atoms with E-state index in [2.05, 4.69) is 4.99 Å². The predicted molar refractivity (Wildman–Crippen MR) is 80.2 cm³/mol. The summed E-state index contributed by atoms with van der Waals surface area (Å²) < 4.78 is 39.1. The van der Waals surface area contributed by atoms with Crippen LogP contribution in [0.2, 0.25) is 10.0 Å². The minimum absolute atomic E-state index is 0.00476. The lowest BCUT2D eigenvalue weighted by atomic mass is 10.2. The Balaban J connectivity index is 1.96. The maximum Gasteiger partial charge on any atom is 0.431 e. The van der Waals surface area contributed by atoms with Crippen LogP contribution in [0.4, 0.5) is 13.2 Å². The Kier molecular flexibility index (Phi) is 4.01. The van der Waals surface area contributed by atoms with E-state index in [0.29, 0.717) is 16.7 Å². The van der Waals surface area contributed by atoms with Crippen molar-refractivity contribution in [3.05, 3.63) is 45.6 Å². The second-order valence-corrected chi connectivity index (χ2v) is 5.78. The van der Waals surface area contributed by atoms with Crippen LogP contribution in [0.25, 0.3) is 0 Å². The maximum atomic E-state index is 13.0. The van der Waals surface area contributed by atoms with Gasteiger partial charge in [-0.15, -0.1) is 0 Å². The van der Waals surface area contributed by atoms with Gasteiger partial charge in [-0.05, 0) is 11.6 Å². The van der Waals surface area contributed by atoms with E-state index in [9.17, 15) is 18.0 Å². The zero-order chi connectivity index (χ0) is 16.8. The molecule has 0 bridgehead atoms. The molecular formula is C14H10Cl2F3N3O. The van der Waals surface area contributed by atoms with Gasteiger partial charge in [0, 0.05) is 12.6 Å². The molecule has 2 aliphatic rings. The molecule has 0 aromatic heterocycles. The van der Waals surface area contributed by atoms with Crippen LogP contribution in [-0.2, 0) is 11.3 Å². The Morgan fingerprint density at radius 2 is 2.00 bits per heavy atom. The van der Waals surface area contributed by atoms with Gasteiger partial charge in [0.2, 0.25) is 5.96 Å². The summed E-state index contributed by atoms with van der Waals surface area (Å²) in [5, 5.41) is 0.572. The molecule has 122 valence electrons. The van der Waals surface area contributed by atoms with Crippen LogP contribution in [0.3, 0.4) is 0 Å². The Hall–Kier alpha value is -1.73. The van der Waals surface area contributed by atoms with Gasteiger partial charge in [0.25, 0.3) is 5.91 Å². The van der Waals surface area contributed by atoms with Crippen molar-refractivity contribution in [2.45, 2.75) is 12.7 Å². The highest BCUT2D eigenvalue weighted by atomic mass is 35.5. The number of carbonyl (C=O) groups excluding carboxylic acids is 1. The molecule has 23 heavy (non-hydrogen) atoms. The number of fused-ring (bicyclic) bond motifs is 1. The lowest BCUT2D eigenvalue weighted by molar-refractivity contribution is -0.129. The van der Waals surface area contributed by atoms with Crippen molar-refractivity contribution in [1.29, 1.82) is 0 Å². The van der Waals surface area contributed by atoms with Crippen molar-refractivity contribution in [1.82, 2.24) is 9.80 Å². The number of aliphatic imine (C=N–C) groups is 1. The van der Waals surface area contributed by atoms with Crippen LogP contribution in [0.5, 0.6) is 0 Å². The van der Waals surface area contributed by atoms with E-state index in [0.717, 1.165) is 4.90 Å². The molecule has 2 aliphatic heterocycles. The minimum Gasteiger partial charge on any atom is -0.306 e. The van der Waals surface area contributed by atoms with Crippen molar-refractivity contribution in [3.63, 3.8) is 0 Å². The van der Waals surface area contributed by atoms with Gasteiger partial charge in [-0.2, -0.15) is 13.2 Å². The van der Waals surface area contributed by atoms with Crippen LogP contribution >= 0.6 is 23.2 Å². The molecule has 0 radical (unpaired) electrons. The van der Waals surface area contributed by atoms with Gasteiger partial charge in [0.05, 0.1) is 23.1 Å². The zero-order valence-corrected chi connectivity index (χ0v) is 13.1. The van der Waals surface area contributed by atoms with Gasteiger partial charge in [-0.25, -0.2) is 0 Å². The monoisotopic (exact) mass is 363 g/mol. The normalized spacial score (nSPS) is 18.0. The van der Waals surface area contributed by atoms with E-state index in [1.165, 1.54) is 4.90 Å². The number of rotatable bonds is 2. The molecule has 0 saturated carbocycles. The summed E-state index contributed by atoms with van der Waals surface area (Å²) in [4.78, 5) is 18.4. The number of hydrogen-bond donors (Lipinski definition) is 0. The number of amides is 1. The van der Waals surface area contributed by atoms with E-state index in [4.69, 9.17) is 23.2 Å². The summed E-state index contributed by atoms with van der Waals surface area (Å²) in [5.41, 5.74) is -0.460. The van der Waals surface area contributed by atoms with Crippen LogP contribution in [0, 0.1) is 0 Å². The summed E-state index contributed by atoms with van der Waals surface area (Å²) in [6.07, 6.45) is -4.02. The second kappa shape index (κ2) is 5.72. The average molecular weight is 364 g/mol. The van der Waals surface area contributed by atoms with E-state index in [-0.39, 0.29) is 30.6 Å². The lowest BCUT2D eigenvalue weighted by Gasteiger charge is -2.35. The number of allylic oxidation sites excluding steroid dienone is 1.